The van der Waals surface area contributed by atoms with Crippen LogP contribution in [0.3, 0.4) is 0 Å². The van der Waals surface area contributed by atoms with Crippen LogP contribution in [0, 0.1) is 0 Å². The van der Waals surface area contributed by atoms with Gasteiger partial charge in [-0.1, -0.05) is 24.3 Å². The van der Waals surface area contributed by atoms with E-state index in [1.165, 1.54) is 29.2 Å². The third kappa shape index (κ3) is 5.29. The molecule has 1 fully saturated rings. The predicted molar refractivity (Wildman–Crippen MR) is 127 cm³/mol. The van der Waals surface area contributed by atoms with Gasteiger partial charge in [-0.3, -0.25) is 10.1 Å². The van der Waals surface area contributed by atoms with E-state index in [4.69, 9.17) is 4.74 Å². The lowest BCUT2D eigenvalue weighted by Gasteiger charge is -2.35. The normalized spacial score (nSPS) is 14.0. The maximum absolute atomic E-state index is 13.3. The molecule has 37 heavy (non-hydrogen) atoms. The summed E-state index contributed by atoms with van der Waals surface area (Å²) >= 11 is 0. The van der Waals surface area contributed by atoms with Gasteiger partial charge < -0.3 is 19.5 Å². The number of nitrogens with zero attached hydrogens (tertiary/aromatic N) is 5. The second-order valence-electron chi connectivity index (χ2n) is 8.17. The summed E-state index contributed by atoms with van der Waals surface area (Å²) < 4.78 is 45.0. The van der Waals surface area contributed by atoms with Crippen molar-refractivity contribution in [1.29, 1.82) is 0 Å². The summed E-state index contributed by atoms with van der Waals surface area (Å²) in [5.74, 6) is 0.00157. The molecule has 2 N–H and O–H groups in total. The molecule has 1 saturated heterocycles. The third-order valence-electron chi connectivity index (χ3n) is 5.79. The first kappa shape index (κ1) is 24.0. The minimum atomic E-state index is -4.61. The van der Waals surface area contributed by atoms with Gasteiger partial charge in [0, 0.05) is 32.2 Å². The average Bonchev–Trinajstić information content (AvgIpc) is 3.30. The van der Waals surface area contributed by atoms with Gasteiger partial charge in [-0.2, -0.15) is 13.2 Å². The van der Waals surface area contributed by atoms with Gasteiger partial charge in [0.05, 0.1) is 22.2 Å². The van der Waals surface area contributed by atoms with Gasteiger partial charge in [-0.25, -0.2) is 9.78 Å². The number of alkyl halides is 3. The first-order chi connectivity index (χ1) is 17.8. The van der Waals surface area contributed by atoms with Gasteiger partial charge in [-0.15, -0.1) is 10.2 Å². The molecule has 4 aromatic rings. The Labute approximate surface area is 208 Å². The largest absolute Gasteiger partial charge is 0.420 e. The summed E-state index contributed by atoms with van der Waals surface area (Å²) in [6, 6.07) is 15.1. The Morgan fingerprint density at radius 2 is 1.65 bits per heavy atom. The summed E-state index contributed by atoms with van der Waals surface area (Å²) in [5.41, 5.74) is 0.125. The van der Waals surface area contributed by atoms with Crippen molar-refractivity contribution in [1.82, 2.24) is 25.1 Å². The lowest BCUT2D eigenvalue weighted by atomic mass is 10.1. The van der Waals surface area contributed by atoms with E-state index in [0.717, 1.165) is 11.6 Å². The zero-order valence-electron chi connectivity index (χ0n) is 19.2. The number of rotatable bonds is 4. The fourth-order valence-electron chi connectivity index (χ4n) is 3.99. The van der Waals surface area contributed by atoms with Crippen LogP contribution >= 0.6 is 0 Å². The van der Waals surface area contributed by atoms with Crippen LogP contribution in [0.25, 0.3) is 11.0 Å². The quantitative estimate of drug-likeness (QED) is 0.426. The molecule has 10 nitrogen and oxygen atoms in total. The van der Waals surface area contributed by atoms with Gasteiger partial charge in [0.25, 0.3) is 5.91 Å². The number of carbonyl (C=O) groups excluding carboxylic acids is 2. The van der Waals surface area contributed by atoms with E-state index in [1.807, 2.05) is 23.1 Å². The molecule has 0 saturated carbocycles. The number of carbonyl (C=O) groups is 2. The first-order valence-corrected chi connectivity index (χ1v) is 11.3. The number of anilines is 2. The number of fused-ring (bicyclic) bond motifs is 1. The molecule has 1 aliphatic rings. The number of halogens is 3. The number of H-pyrrole nitrogens is 1. The Kier molecular flexibility index (Phi) is 6.34. The molecule has 0 unspecified atom stereocenters. The summed E-state index contributed by atoms with van der Waals surface area (Å²) in [7, 11) is 0. The number of amides is 2. The molecule has 0 radical (unpaired) electrons. The minimum absolute atomic E-state index is 0.0325. The van der Waals surface area contributed by atoms with Crippen LogP contribution in [0.1, 0.15) is 15.9 Å². The Hall–Kier alpha value is -4.68. The van der Waals surface area contributed by atoms with Crippen molar-refractivity contribution in [3.63, 3.8) is 0 Å². The molecular formula is C24H20F3N7O3. The van der Waals surface area contributed by atoms with Crippen molar-refractivity contribution in [2.24, 2.45) is 0 Å². The van der Waals surface area contributed by atoms with Crippen molar-refractivity contribution in [2.75, 3.05) is 36.4 Å². The van der Waals surface area contributed by atoms with Crippen LogP contribution in [-0.4, -0.2) is 63.2 Å². The number of ether oxygens (including phenoxy) is 1. The standard InChI is InChI=1S/C24H20F3N7O3/c25-24(26,27)16-6-2-1-5-15(16)21(35)34-13-11-33(12-14-34)19-9-10-20(32-31-19)37-23(36)30-22-28-17-7-3-4-8-18(17)29-22/h1-10H,11-14H2,(H2,28,29,30,36). The molecule has 13 heteroatoms. The molecule has 2 amide bonds. The van der Waals surface area contributed by atoms with E-state index >= 15 is 0 Å². The highest BCUT2D eigenvalue weighted by Crippen LogP contribution is 2.32. The number of nitrogens with one attached hydrogen (secondary N) is 2. The fourth-order valence-corrected chi connectivity index (χ4v) is 3.99. The monoisotopic (exact) mass is 511 g/mol. The molecule has 0 aliphatic carbocycles. The van der Waals surface area contributed by atoms with Gasteiger partial charge in [0.15, 0.2) is 5.82 Å². The molecular weight excluding hydrogens is 491 g/mol. The van der Waals surface area contributed by atoms with Gasteiger partial charge >= 0.3 is 12.3 Å². The molecule has 0 atom stereocenters. The number of imidazole rings is 1. The minimum Gasteiger partial charge on any atom is -0.389 e. The number of aromatic nitrogens is 4. The summed E-state index contributed by atoms with van der Waals surface area (Å²) in [6.45, 7) is 1.12. The first-order valence-electron chi connectivity index (χ1n) is 11.3. The molecule has 190 valence electrons. The van der Waals surface area contributed by atoms with E-state index in [0.29, 0.717) is 24.4 Å². The van der Waals surface area contributed by atoms with Crippen molar-refractivity contribution in [2.45, 2.75) is 6.18 Å². The topological polar surface area (TPSA) is 116 Å². The molecule has 0 bridgehead atoms. The Balaban J connectivity index is 1.16. The lowest BCUT2D eigenvalue weighted by molar-refractivity contribution is -0.138. The van der Waals surface area contributed by atoms with E-state index in [1.54, 1.807) is 12.1 Å². The predicted octanol–water partition coefficient (Wildman–Crippen LogP) is 3.95. The number of aromatic amines is 1. The van der Waals surface area contributed by atoms with Crippen LogP contribution in [0.4, 0.5) is 29.7 Å². The third-order valence-corrected chi connectivity index (χ3v) is 5.79. The summed E-state index contributed by atoms with van der Waals surface area (Å²) in [4.78, 5) is 35.3. The maximum atomic E-state index is 13.3. The number of piperazine rings is 1. The van der Waals surface area contributed by atoms with E-state index in [9.17, 15) is 22.8 Å². The zero-order chi connectivity index (χ0) is 26.0. The highest BCUT2D eigenvalue weighted by molar-refractivity contribution is 5.96. The van der Waals surface area contributed by atoms with E-state index in [-0.39, 0.29) is 30.5 Å². The molecule has 3 heterocycles. The van der Waals surface area contributed by atoms with E-state index < -0.39 is 23.7 Å². The summed E-state index contributed by atoms with van der Waals surface area (Å²) in [5, 5.41) is 10.5. The number of hydrogen-bond acceptors (Lipinski definition) is 7. The van der Waals surface area contributed by atoms with Crippen LogP contribution in [0.5, 0.6) is 5.88 Å². The molecule has 5 rings (SSSR count). The number of hydrogen-bond donors (Lipinski definition) is 2. The van der Waals surface area contributed by atoms with Crippen LogP contribution in [0.2, 0.25) is 0 Å². The second kappa shape index (κ2) is 9.76. The number of para-hydroxylation sites is 2. The summed E-state index contributed by atoms with van der Waals surface area (Å²) in [6.07, 6.45) is -5.41. The maximum Gasteiger partial charge on any atom is 0.420 e. The molecule has 0 spiro atoms. The Morgan fingerprint density at radius 3 is 2.35 bits per heavy atom. The SMILES string of the molecule is O=C(Nc1nc2ccccc2[nH]1)Oc1ccc(N2CCN(C(=O)c3ccccc3C(F)(F)F)CC2)nn1. The van der Waals surface area contributed by atoms with E-state index in [2.05, 4.69) is 25.5 Å². The van der Waals surface area contributed by atoms with Crippen LogP contribution < -0.4 is 15.0 Å². The van der Waals surface area contributed by atoms with Crippen molar-refractivity contribution in [3.05, 3.63) is 71.8 Å². The van der Waals surface area contributed by atoms with Gasteiger partial charge in [-0.05, 0) is 30.3 Å². The van der Waals surface area contributed by atoms with Gasteiger partial charge in [0.1, 0.15) is 0 Å². The Morgan fingerprint density at radius 1 is 0.919 bits per heavy atom. The molecule has 1 aliphatic heterocycles. The molecule has 2 aromatic heterocycles. The van der Waals surface area contributed by atoms with Crippen LogP contribution in [0.15, 0.2) is 60.7 Å². The smallest absolute Gasteiger partial charge is 0.389 e. The highest BCUT2D eigenvalue weighted by atomic mass is 19.4. The van der Waals surface area contributed by atoms with Crippen molar-refractivity contribution < 1.29 is 27.5 Å². The lowest BCUT2D eigenvalue weighted by Crippen LogP contribution is -2.49. The fraction of sp³-hybridized carbons (Fsp3) is 0.208. The zero-order valence-corrected chi connectivity index (χ0v) is 19.2. The van der Waals surface area contributed by atoms with Crippen molar-refractivity contribution >= 4 is 34.8 Å². The van der Waals surface area contributed by atoms with Gasteiger partial charge in [0.2, 0.25) is 11.8 Å². The molecule has 2 aromatic carbocycles. The average molecular weight is 511 g/mol. The number of benzene rings is 2. The van der Waals surface area contributed by atoms with Crippen LogP contribution in [-0.2, 0) is 6.18 Å². The second-order valence-corrected chi connectivity index (χ2v) is 8.17. The Bertz CT molecular complexity index is 1400. The van der Waals surface area contributed by atoms with Crippen molar-refractivity contribution in [3.8, 4) is 5.88 Å². The highest BCUT2D eigenvalue weighted by Gasteiger charge is 2.36.